The Bertz CT molecular complexity index is 773. The molecule has 0 saturated heterocycles. The summed E-state index contributed by atoms with van der Waals surface area (Å²) in [6, 6.07) is 10.9. The van der Waals surface area contributed by atoms with Crippen molar-refractivity contribution < 1.29 is 4.79 Å². The number of aromatic nitrogens is 1. The third-order valence-electron chi connectivity index (χ3n) is 2.79. The van der Waals surface area contributed by atoms with Gasteiger partial charge in [0.2, 0.25) is 0 Å². The van der Waals surface area contributed by atoms with Crippen LogP contribution in [0.25, 0.3) is 16.0 Å². The topological polar surface area (TPSA) is 30.0 Å². The number of halogens is 1. The average molecular weight is 332 g/mol. The summed E-state index contributed by atoms with van der Waals surface area (Å²) >= 11 is 9.04. The highest BCUT2D eigenvalue weighted by atomic mass is 35.5. The van der Waals surface area contributed by atoms with Gasteiger partial charge >= 0.3 is 0 Å². The number of carbonyl (C=O) groups excluding carboxylic acids is 1. The van der Waals surface area contributed by atoms with E-state index in [1.54, 1.807) is 53.0 Å². The van der Waals surface area contributed by atoms with Crippen molar-refractivity contribution in [2.75, 3.05) is 0 Å². The highest BCUT2D eigenvalue weighted by Crippen LogP contribution is 2.28. The van der Waals surface area contributed by atoms with Crippen molar-refractivity contribution >= 4 is 46.1 Å². The predicted octanol–water partition coefficient (Wildman–Crippen LogP) is 5.42. The number of thiazole rings is 1. The summed E-state index contributed by atoms with van der Waals surface area (Å²) < 4.78 is 0. The van der Waals surface area contributed by atoms with Crippen LogP contribution in [0, 0.1) is 0 Å². The first-order valence-corrected chi connectivity index (χ1v) is 8.33. The van der Waals surface area contributed by atoms with Gasteiger partial charge in [-0.2, -0.15) is 0 Å². The molecule has 0 radical (unpaired) electrons. The van der Waals surface area contributed by atoms with Crippen LogP contribution in [0.15, 0.2) is 53.2 Å². The number of rotatable bonds is 4. The number of thiophene rings is 1. The smallest absolute Gasteiger partial charge is 0.185 e. The molecule has 2 aromatic heterocycles. The van der Waals surface area contributed by atoms with E-state index in [2.05, 4.69) is 4.98 Å². The predicted molar refractivity (Wildman–Crippen MR) is 90.2 cm³/mol. The number of hydrogen-bond donors (Lipinski definition) is 0. The van der Waals surface area contributed by atoms with Gasteiger partial charge in [0.25, 0.3) is 0 Å². The maximum atomic E-state index is 12.0. The van der Waals surface area contributed by atoms with Gasteiger partial charge in [0, 0.05) is 16.0 Å². The number of ketones is 1. The molecular formula is C16H10ClNOS2. The van der Waals surface area contributed by atoms with E-state index in [1.807, 2.05) is 22.9 Å². The van der Waals surface area contributed by atoms with Gasteiger partial charge in [-0.3, -0.25) is 4.79 Å². The zero-order valence-electron chi connectivity index (χ0n) is 10.8. The first-order chi connectivity index (χ1) is 10.2. The molecule has 0 amide bonds. The Hall–Kier alpha value is -1.75. The fourth-order valence-corrected chi connectivity index (χ4v) is 3.48. The van der Waals surface area contributed by atoms with Gasteiger partial charge < -0.3 is 0 Å². The first-order valence-electron chi connectivity index (χ1n) is 6.20. The van der Waals surface area contributed by atoms with Crippen molar-refractivity contribution in [1.82, 2.24) is 4.98 Å². The molecular weight excluding hydrogens is 322 g/mol. The summed E-state index contributed by atoms with van der Waals surface area (Å²) in [6.07, 6.45) is 3.28. The zero-order valence-corrected chi connectivity index (χ0v) is 13.2. The Morgan fingerprint density at radius 2 is 1.95 bits per heavy atom. The first kappa shape index (κ1) is 14.2. The molecule has 0 spiro atoms. The van der Waals surface area contributed by atoms with Gasteiger partial charge in [-0.1, -0.05) is 17.7 Å². The van der Waals surface area contributed by atoms with Crippen LogP contribution in [0.4, 0.5) is 0 Å². The Morgan fingerprint density at radius 3 is 2.67 bits per heavy atom. The maximum Gasteiger partial charge on any atom is 0.185 e. The number of nitrogens with zero attached hydrogens (tertiary/aromatic N) is 1. The summed E-state index contributed by atoms with van der Waals surface area (Å²) in [4.78, 5) is 17.7. The number of benzene rings is 1. The fraction of sp³-hybridized carbons (Fsp3) is 0. The lowest BCUT2D eigenvalue weighted by Gasteiger charge is -1.95. The Kier molecular flexibility index (Phi) is 4.29. The summed E-state index contributed by atoms with van der Waals surface area (Å²) in [7, 11) is 0. The maximum absolute atomic E-state index is 12.0. The van der Waals surface area contributed by atoms with E-state index in [1.165, 1.54) is 6.08 Å². The summed E-state index contributed by atoms with van der Waals surface area (Å²) in [6.45, 7) is 0. The van der Waals surface area contributed by atoms with Crippen LogP contribution in [0.2, 0.25) is 5.02 Å². The molecule has 3 aromatic rings. The van der Waals surface area contributed by atoms with Crippen molar-refractivity contribution in [1.29, 1.82) is 0 Å². The minimum absolute atomic E-state index is 0.0580. The highest BCUT2D eigenvalue weighted by Gasteiger charge is 2.05. The van der Waals surface area contributed by atoms with Crippen LogP contribution in [-0.4, -0.2) is 10.8 Å². The second-order valence-electron chi connectivity index (χ2n) is 4.26. The van der Waals surface area contributed by atoms with E-state index in [9.17, 15) is 4.79 Å². The van der Waals surface area contributed by atoms with E-state index in [0.717, 1.165) is 15.6 Å². The van der Waals surface area contributed by atoms with Crippen LogP contribution in [0.5, 0.6) is 0 Å². The van der Waals surface area contributed by atoms with Crippen LogP contribution in [0.3, 0.4) is 0 Å². The van der Waals surface area contributed by atoms with E-state index in [0.29, 0.717) is 10.6 Å². The van der Waals surface area contributed by atoms with E-state index in [4.69, 9.17) is 11.6 Å². The van der Waals surface area contributed by atoms with Crippen molar-refractivity contribution in [3.63, 3.8) is 0 Å². The molecule has 2 nitrogen and oxygen atoms in total. The number of hydrogen-bond acceptors (Lipinski definition) is 4. The van der Waals surface area contributed by atoms with Crippen LogP contribution >= 0.6 is 34.3 Å². The van der Waals surface area contributed by atoms with E-state index >= 15 is 0 Å². The fourth-order valence-electron chi connectivity index (χ4n) is 1.75. The molecule has 0 unspecified atom stereocenters. The molecule has 0 N–H and O–H groups in total. The van der Waals surface area contributed by atoms with Crippen LogP contribution in [-0.2, 0) is 0 Å². The molecule has 0 atom stereocenters. The highest BCUT2D eigenvalue weighted by molar-refractivity contribution is 7.20. The second kappa shape index (κ2) is 6.35. The molecule has 5 heteroatoms. The van der Waals surface area contributed by atoms with Gasteiger partial charge in [-0.25, -0.2) is 4.98 Å². The third-order valence-corrected chi connectivity index (χ3v) is 4.94. The molecule has 21 heavy (non-hydrogen) atoms. The molecule has 0 bridgehead atoms. The van der Waals surface area contributed by atoms with E-state index < -0.39 is 0 Å². The molecule has 0 fully saturated rings. The normalized spacial score (nSPS) is 11.1. The van der Waals surface area contributed by atoms with Crippen molar-refractivity contribution in [3.8, 4) is 9.88 Å². The van der Waals surface area contributed by atoms with E-state index in [-0.39, 0.29) is 5.78 Å². The standard InChI is InChI=1S/C16H10ClNOS2/c17-12-5-3-11(4-6-12)14(19)8-7-13-10-21-16(18-13)15-2-1-9-20-15/h1-10H/b8-7+. The van der Waals surface area contributed by atoms with Gasteiger partial charge in [-0.15, -0.1) is 22.7 Å². The quantitative estimate of drug-likeness (QED) is 0.472. The number of carbonyl (C=O) groups is 1. The Balaban J connectivity index is 1.74. The SMILES string of the molecule is O=C(/C=C/c1csc(-c2cccs2)n1)c1ccc(Cl)cc1. The van der Waals surface area contributed by atoms with Crippen molar-refractivity contribution in [2.45, 2.75) is 0 Å². The molecule has 1 aromatic carbocycles. The molecule has 0 aliphatic heterocycles. The molecule has 2 heterocycles. The second-order valence-corrected chi connectivity index (χ2v) is 6.50. The summed E-state index contributed by atoms with van der Waals surface area (Å²) in [5.41, 5.74) is 1.41. The minimum Gasteiger partial charge on any atom is -0.289 e. The Morgan fingerprint density at radius 1 is 1.14 bits per heavy atom. The molecule has 3 rings (SSSR count). The van der Waals surface area contributed by atoms with Crippen LogP contribution in [0.1, 0.15) is 16.1 Å². The van der Waals surface area contributed by atoms with Gasteiger partial charge in [0.15, 0.2) is 5.78 Å². The average Bonchev–Trinajstić information content (AvgIpc) is 3.16. The van der Waals surface area contributed by atoms with Crippen molar-refractivity contribution in [3.05, 3.63) is 69.5 Å². The molecule has 104 valence electrons. The summed E-state index contributed by atoms with van der Waals surface area (Å²) in [5.74, 6) is -0.0580. The van der Waals surface area contributed by atoms with Crippen LogP contribution < -0.4 is 0 Å². The van der Waals surface area contributed by atoms with Gasteiger partial charge in [0.05, 0.1) is 10.6 Å². The zero-order chi connectivity index (χ0) is 14.7. The monoisotopic (exact) mass is 331 g/mol. The third kappa shape index (κ3) is 3.47. The lowest BCUT2D eigenvalue weighted by molar-refractivity contribution is 0.104. The Labute approximate surface area is 135 Å². The molecule has 0 aliphatic rings. The lowest BCUT2D eigenvalue weighted by atomic mass is 10.1. The molecule has 0 saturated carbocycles. The summed E-state index contributed by atoms with van der Waals surface area (Å²) in [5, 5.41) is 5.57. The van der Waals surface area contributed by atoms with Gasteiger partial charge in [0.1, 0.15) is 5.01 Å². The largest absolute Gasteiger partial charge is 0.289 e. The minimum atomic E-state index is -0.0580. The van der Waals surface area contributed by atoms with Crippen molar-refractivity contribution in [2.24, 2.45) is 0 Å². The number of allylic oxidation sites excluding steroid dienone is 1. The molecule has 0 aliphatic carbocycles. The van der Waals surface area contributed by atoms with Gasteiger partial charge in [-0.05, 0) is 47.9 Å². The lowest BCUT2D eigenvalue weighted by Crippen LogP contribution is -1.93.